The van der Waals surface area contributed by atoms with Crippen LogP contribution >= 0.6 is 0 Å². The standard InChI is InChI=1S/C67H70N3O.Pt/c1-41(2)49-32-50(42(3)4)34-51(33-49)47-27-28-60(43(5)31-47)70-61-22-18-21-56(62(61)69-64(70)57-39-55(66(9,10)11)40-58(63(57)71)67(12,13)14)52-35-53(37-54(36-52)65(6,7)8)59-38-48(29-30-68-59)46-25-23-45(24-26-46)44-19-16-15-17-20-44;/h15-34,36-42,71H,1-14H3;/q-1;/i5D3,9D3,10D3,11D3,12D3,13D3,14D3,41D;. The van der Waals surface area contributed by atoms with E-state index in [1.54, 1.807) is 44.3 Å². The van der Waals surface area contributed by atoms with Crippen LogP contribution in [0.1, 0.15) is 165 Å². The number of benzene rings is 7. The van der Waals surface area contributed by atoms with Gasteiger partial charge in [-0.1, -0.05) is 204 Å². The molecule has 0 fully saturated rings. The molecular weight excluding hydrogens is 1060 g/mol. The Morgan fingerprint density at radius 3 is 1.89 bits per heavy atom. The first-order valence-corrected chi connectivity index (χ1v) is 23.5. The van der Waals surface area contributed by atoms with Gasteiger partial charge in [0, 0.05) is 68.7 Å². The number of para-hydroxylation sites is 1. The van der Waals surface area contributed by atoms with Gasteiger partial charge in [0.05, 0.1) is 22.3 Å². The first-order chi connectivity index (χ1) is 42.6. The Kier molecular flexibility index (Phi) is 8.48. The number of phenolic OH excluding ortho intramolecular Hbond substituents is 1. The average Bonchev–Trinajstić information content (AvgIpc) is 0.794. The molecule has 2 aromatic heterocycles. The Morgan fingerprint density at radius 1 is 0.583 bits per heavy atom. The summed E-state index contributed by atoms with van der Waals surface area (Å²) in [6.45, 7) is -14.9. The molecule has 0 radical (unpaired) electrons. The molecule has 0 unspecified atom stereocenters. The zero-order valence-corrected chi connectivity index (χ0v) is 43.4. The molecule has 0 saturated carbocycles. The number of aryl methyl sites for hydroxylation is 1. The van der Waals surface area contributed by atoms with E-state index in [4.69, 9.17) is 36.0 Å². The van der Waals surface area contributed by atoms with Crippen LogP contribution in [0.25, 0.3) is 83.9 Å². The monoisotopic (exact) mass is 1150 g/mol. The molecule has 9 rings (SSSR count). The number of fused-ring (bicyclic) bond motifs is 1. The van der Waals surface area contributed by atoms with E-state index in [1.807, 2.05) is 126 Å². The smallest absolute Gasteiger partial charge is 0.148 e. The Hall–Kier alpha value is -6.35. The van der Waals surface area contributed by atoms with Crippen molar-refractivity contribution >= 4 is 11.0 Å². The molecule has 0 aliphatic heterocycles. The summed E-state index contributed by atoms with van der Waals surface area (Å²) in [5.41, 5.74) is -5.06. The molecule has 5 heteroatoms. The number of rotatable bonds is 9. The number of hydrogen-bond acceptors (Lipinski definition) is 3. The second-order valence-corrected chi connectivity index (χ2v) is 19.9. The van der Waals surface area contributed by atoms with Gasteiger partial charge in [-0.2, -0.15) is 0 Å². The molecule has 7 aromatic carbocycles. The van der Waals surface area contributed by atoms with Crippen molar-refractivity contribution in [3.8, 4) is 78.6 Å². The van der Waals surface area contributed by atoms with E-state index in [0.29, 0.717) is 39.6 Å². The molecule has 0 aliphatic carbocycles. The molecule has 0 atom stereocenters. The summed E-state index contributed by atoms with van der Waals surface area (Å²) < 4.78 is 196. The van der Waals surface area contributed by atoms with Crippen LogP contribution in [0.4, 0.5) is 0 Å². The molecule has 9 aromatic rings. The number of nitrogens with zero attached hydrogens (tertiary/aromatic N) is 3. The minimum Gasteiger partial charge on any atom is -0.507 e. The first-order valence-electron chi connectivity index (χ1n) is 34.5. The van der Waals surface area contributed by atoms with Gasteiger partial charge in [0.15, 0.2) is 0 Å². The summed E-state index contributed by atoms with van der Waals surface area (Å²) in [6.07, 6.45) is 1.67. The SMILES string of the molecule is [2H]C([2H])([2H])c1cc(-c2cc(C(C)C)cc(C([2H])(C)C)c2)ccc1-n1c(-c2cc(C(C([2H])([2H])[2H])(C([2H])([2H])[2H])C([2H])([2H])[2H])cc(C(C([2H])([2H])[2H])(C([2H])([2H])[2H])C([2H])([2H])[2H])c2O)nc2c(-c3[c-]c(-c4cc(-c5ccc(-c6ccccc6)cc5)ccn4)cc(C(C)(C)C)c3)cccc21.[Pt]. The fourth-order valence-electron chi connectivity index (χ4n) is 8.93. The second-order valence-electron chi connectivity index (χ2n) is 19.9. The summed E-state index contributed by atoms with van der Waals surface area (Å²) >= 11 is 0. The molecule has 0 bridgehead atoms. The topological polar surface area (TPSA) is 50.9 Å². The van der Waals surface area contributed by atoms with Crippen LogP contribution in [0.3, 0.4) is 0 Å². The average molecular weight is 1150 g/mol. The zero-order chi connectivity index (χ0) is 69.2. The van der Waals surface area contributed by atoms with Gasteiger partial charge in [0.25, 0.3) is 0 Å². The molecular formula is C67H70N3OPt-. The molecule has 370 valence electrons. The van der Waals surface area contributed by atoms with Crippen LogP contribution in [0.2, 0.25) is 0 Å². The molecule has 0 saturated heterocycles. The third-order valence-electron chi connectivity index (χ3n) is 13.0. The number of aromatic nitrogens is 3. The van der Waals surface area contributed by atoms with Crippen LogP contribution in [-0.2, 0) is 37.3 Å². The Balaban J connectivity index is 0.0000113. The summed E-state index contributed by atoms with van der Waals surface area (Å²) in [6, 6.07) is 44.4. The number of hydrogen-bond donors (Lipinski definition) is 1. The van der Waals surface area contributed by atoms with Crippen molar-refractivity contribution in [3.05, 3.63) is 191 Å². The summed E-state index contributed by atoms with van der Waals surface area (Å²) in [7, 11) is 0. The summed E-state index contributed by atoms with van der Waals surface area (Å²) in [4.78, 5) is 9.88. The van der Waals surface area contributed by atoms with Crippen molar-refractivity contribution in [1.82, 2.24) is 14.5 Å². The van der Waals surface area contributed by atoms with Crippen molar-refractivity contribution in [3.63, 3.8) is 0 Å². The minimum atomic E-state index is -4.26. The van der Waals surface area contributed by atoms with Crippen LogP contribution in [0.5, 0.6) is 5.75 Å². The molecule has 0 aliphatic rings. The van der Waals surface area contributed by atoms with Crippen molar-refractivity contribution in [2.75, 3.05) is 0 Å². The number of pyridine rings is 1. The van der Waals surface area contributed by atoms with Gasteiger partial charge < -0.3 is 5.11 Å². The quantitative estimate of drug-likeness (QED) is 0.147. The van der Waals surface area contributed by atoms with Crippen LogP contribution in [0.15, 0.2) is 152 Å². The van der Waals surface area contributed by atoms with E-state index in [9.17, 15) is 9.22 Å². The fraction of sp³-hybridized carbons (Fsp3) is 0.284. The molecule has 0 amide bonds. The maximum absolute atomic E-state index is 13.1. The van der Waals surface area contributed by atoms with Crippen LogP contribution in [0, 0.1) is 12.9 Å². The molecule has 2 heterocycles. The molecule has 1 N–H and O–H groups in total. The first kappa shape index (κ1) is 30.6. The van der Waals surface area contributed by atoms with E-state index in [2.05, 4.69) is 6.07 Å². The van der Waals surface area contributed by atoms with Gasteiger partial charge in [0.2, 0.25) is 0 Å². The Bertz CT molecular complexity index is 4220. The third-order valence-corrected chi connectivity index (χ3v) is 13.0. The van der Waals surface area contributed by atoms with Gasteiger partial charge in [-0.3, -0.25) is 9.55 Å². The number of aromatic hydroxyl groups is 1. The van der Waals surface area contributed by atoms with Crippen molar-refractivity contribution < 1.29 is 56.3 Å². The van der Waals surface area contributed by atoms with Crippen LogP contribution < -0.4 is 0 Å². The van der Waals surface area contributed by atoms with Gasteiger partial charge in [0.1, 0.15) is 11.6 Å². The number of phenols is 1. The van der Waals surface area contributed by atoms with Crippen molar-refractivity contribution in [2.24, 2.45) is 0 Å². The Labute approximate surface area is 474 Å². The van der Waals surface area contributed by atoms with E-state index >= 15 is 0 Å². The molecule has 4 nitrogen and oxygen atoms in total. The number of imidazole rings is 1. The van der Waals surface area contributed by atoms with E-state index in [1.165, 1.54) is 22.8 Å². The van der Waals surface area contributed by atoms with Crippen LogP contribution in [-0.4, -0.2) is 19.6 Å². The summed E-state index contributed by atoms with van der Waals surface area (Å²) in [5.74, 6) is -3.35. The molecule has 0 spiro atoms. The van der Waals surface area contributed by atoms with Gasteiger partial charge in [-0.25, -0.2) is 4.98 Å². The zero-order valence-electron chi connectivity index (χ0n) is 63.1. The van der Waals surface area contributed by atoms with E-state index in [-0.39, 0.29) is 55.3 Å². The predicted octanol–water partition coefficient (Wildman–Crippen LogP) is 18.4. The van der Waals surface area contributed by atoms with E-state index < -0.39 is 104 Å². The van der Waals surface area contributed by atoms with Gasteiger partial charge >= 0.3 is 0 Å². The minimum absolute atomic E-state index is 0. The second kappa shape index (κ2) is 19.9. The van der Waals surface area contributed by atoms with Gasteiger partial charge in [-0.15, -0.1) is 29.3 Å². The predicted molar refractivity (Wildman–Crippen MR) is 301 cm³/mol. The summed E-state index contributed by atoms with van der Waals surface area (Å²) in [5, 5.41) is 13.1. The largest absolute Gasteiger partial charge is 0.507 e. The Morgan fingerprint density at radius 2 is 1.22 bits per heavy atom. The van der Waals surface area contributed by atoms with Crippen molar-refractivity contribution in [2.45, 2.75) is 124 Å². The third kappa shape index (κ3) is 10.4. The van der Waals surface area contributed by atoms with Gasteiger partial charge in [-0.05, 0) is 121 Å². The van der Waals surface area contributed by atoms with Crippen molar-refractivity contribution in [1.29, 1.82) is 0 Å². The molecule has 72 heavy (non-hydrogen) atoms. The maximum atomic E-state index is 13.1. The fourth-order valence-corrected chi connectivity index (χ4v) is 8.93. The normalized spacial score (nSPS) is 18.1. The maximum Gasteiger partial charge on any atom is 0.148 e. The van der Waals surface area contributed by atoms with E-state index in [0.717, 1.165) is 33.4 Å².